The quantitative estimate of drug-likeness (QED) is 0.504. The molecule has 1 aliphatic carbocycles. The Morgan fingerprint density at radius 1 is 1.04 bits per heavy atom. The second-order valence-corrected chi connectivity index (χ2v) is 8.07. The second kappa shape index (κ2) is 8.69. The summed E-state index contributed by atoms with van der Waals surface area (Å²) in [6.07, 6.45) is 9.81. The Balaban J connectivity index is 1.68. The van der Waals surface area contributed by atoms with Crippen LogP contribution >= 0.6 is 15.9 Å². The molecule has 2 aromatic heterocycles. The summed E-state index contributed by atoms with van der Waals surface area (Å²) in [7, 11) is 0. The molecule has 1 fully saturated rings. The van der Waals surface area contributed by atoms with Gasteiger partial charge in [0.2, 0.25) is 5.95 Å². The van der Waals surface area contributed by atoms with Crippen molar-refractivity contribution in [2.45, 2.75) is 45.1 Å². The second-order valence-electron chi connectivity index (χ2n) is 7.22. The van der Waals surface area contributed by atoms with Crippen molar-refractivity contribution in [3.63, 3.8) is 0 Å². The normalized spacial score (nSPS) is 14.6. The summed E-state index contributed by atoms with van der Waals surface area (Å²) in [4.78, 5) is 13.8. The Morgan fingerprint density at radius 3 is 2.68 bits per heavy atom. The molecule has 0 saturated heterocycles. The number of hydrogen-bond donors (Lipinski definition) is 2. The van der Waals surface area contributed by atoms with E-state index in [1.54, 1.807) is 6.20 Å². The van der Waals surface area contributed by atoms with E-state index in [0.29, 0.717) is 12.0 Å². The molecule has 4 rings (SSSR count). The van der Waals surface area contributed by atoms with E-state index in [4.69, 9.17) is 9.97 Å². The van der Waals surface area contributed by atoms with Crippen molar-refractivity contribution in [3.05, 3.63) is 58.8 Å². The molecule has 0 atom stereocenters. The van der Waals surface area contributed by atoms with Gasteiger partial charge in [-0.05, 0) is 49.6 Å². The molecule has 0 spiro atoms. The van der Waals surface area contributed by atoms with Crippen LogP contribution < -0.4 is 10.6 Å². The highest BCUT2D eigenvalue weighted by Gasteiger charge is 2.16. The monoisotopic (exact) mass is 437 g/mol. The van der Waals surface area contributed by atoms with Crippen LogP contribution in [0, 0.1) is 6.92 Å². The minimum absolute atomic E-state index is 0.443. The number of nitrogens with one attached hydrogen (secondary N) is 2. The first-order valence-corrected chi connectivity index (χ1v) is 10.6. The standard InChI is InChI=1S/C22H24BrN5/c1-15-18(23)10-5-11-19(15)26-21-13-20(16-7-6-12-24-14-16)27-22(28-21)25-17-8-3-2-4-9-17/h5-7,10-14,17H,2-4,8-9H2,1H3,(H2,25,26,27,28). The number of aromatic nitrogens is 3. The minimum Gasteiger partial charge on any atom is -0.351 e. The van der Waals surface area contributed by atoms with E-state index in [-0.39, 0.29) is 0 Å². The van der Waals surface area contributed by atoms with Gasteiger partial charge in [-0.25, -0.2) is 4.98 Å². The van der Waals surface area contributed by atoms with E-state index in [2.05, 4.69) is 44.5 Å². The largest absolute Gasteiger partial charge is 0.351 e. The zero-order valence-electron chi connectivity index (χ0n) is 16.0. The maximum Gasteiger partial charge on any atom is 0.225 e. The highest BCUT2D eigenvalue weighted by Crippen LogP contribution is 2.29. The summed E-state index contributed by atoms with van der Waals surface area (Å²) in [6.45, 7) is 2.08. The molecule has 144 valence electrons. The van der Waals surface area contributed by atoms with Gasteiger partial charge in [-0.1, -0.05) is 41.3 Å². The average molecular weight is 438 g/mol. The van der Waals surface area contributed by atoms with Gasteiger partial charge in [0.1, 0.15) is 5.82 Å². The van der Waals surface area contributed by atoms with Crippen LogP contribution in [0.25, 0.3) is 11.3 Å². The van der Waals surface area contributed by atoms with Crippen molar-refractivity contribution < 1.29 is 0 Å². The highest BCUT2D eigenvalue weighted by molar-refractivity contribution is 9.10. The summed E-state index contributed by atoms with van der Waals surface area (Å²) in [5.41, 5.74) is 4.00. The van der Waals surface area contributed by atoms with Crippen molar-refractivity contribution in [3.8, 4) is 11.3 Å². The number of hydrogen-bond acceptors (Lipinski definition) is 5. The highest BCUT2D eigenvalue weighted by atomic mass is 79.9. The van der Waals surface area contributed by atoms with Gasteiger partial charge < -0.3 is 10.6 Å². The van der Waals surface area contributed by atoms with Crippen molar-refractivity contribution >= 4 is 33.4 Å². The SMILES string of the molecule is Cc1c(Br)cccc1Nc1cc(-c2cccnc2)nc(NC2CCCCC2)n1. The van der Waals surface area contributed by atoms with E-state index in [1.165, 1.54) is 32.1 Å². The van der Waals surface area contributed by atoms with E-state index in [1.807, 2.05) is 36.5 Å². The molecule has 0 bridgehead atoms. The predicted octanol–water partition coefficient (Wildman–Crippen LogP) is 6.10. The first-order chi connectivity index (χ1) is 13.7. The first-order valence-electron chi connectivity index (χ1n) is 9.77. The lowest BCUT2D eigenvalue weighted by molar-refractivity contribution is 0.461. The third kappa shape index (κ3) is 4.50. The molecule has 1 aliphatic rings. The van der Waals surface area contributed by atoms with E-state index in [9.17, 15) is 0 Å². The van der Waals surface area contributed by atoms with Crippen molar-refractivity contribution in [2.24, 2.45) is 0 Å². The van der Waals surface area contributed by atoms with Gasteiger partial charge in [0.15, 0.2) is 0 Å². The molecule has 0 amide bonds. The Hall–Kier alpha value is -2.47. The molecule has 28 heavy (non-hydrogen) atoms. The summed E-state index contributed by atoms with van der Waals surface area (Å²) in [6, 6.07) is 12.5. The van der Waals surface area contributed by atoms with Crippen LogP contribution in [0.5, 0.6) is 0 Å². The van der Waals surface area contributed by atoms with Crippen LogP contribution in [0.2, 0.25) is 0 Å². The Bertz CT molecular complexity index is 939. The van der Waals surface area contributed by atoms with Crippen molar-refractivity contribution in [2.75, 3.05) is 10.6 Å². The molecule has 0 unspecified atom stereocenters. The molecule has 0 radical (unpaired) electrons. The fourth-order valence-corrected chi connectivity index (χ4v) is 3.91. The van der Waals surface area contributed by atoms with Crippen LogP contribution in [-0.4, -0.2) is 21.0 Å². The number of halogens is 1. The molecule has 1 aromatic carbocycles. The number of pyridine rings is 1. The predicted molar refractivity (Wildman–Crippen MR) is 118 cm³/mol. The summed E-state index contributed by atoms with van der Waals surface area (Å²) in [5.74, 6) is 1.44. The van der Waals surface area contributed by atoms with Crippen molar-refractivity contribution in [1.82, 2.24) is 15.0 Å². The summed E-state index contributed by atoms with van der Waals surface area (Å²) in [5, 5.41) is 7.01. The molecule has 0 aliphatic heterocycles. The molecule has 6 heteroatoms. The first kappa shape index (κ1) is 18.9. The third-order valence-electron chi connectivity index (χ3n) is 5.15. The average Bonchev–Trinajstić information content (AvgIpc) is 2.73. The van der Waals surface area contributed by atoms with Crippen LogP contribution in [0.15, 0.2) is 53.3 Å². The molecular formula is C22H24BrN5. The van der Waals surface area contributed by atoms with E-state index >= 15 is 0 Å². The number of anilines is 3. The smallest absolute Gasteiger partial charge is 0.225 e. The van der Waals surface area contributed by atoms with Crippen LogP contribution in [0.3, 0.4) is 0 Å². The Labute approximate surface area is 174 Å². The summed E-state index contributed by atoms with van der Waals surface area (Å²) < 4.78 is 1.07. The molecule has 2 heterocycles. The van der Waals surface area contributed by atoms with Gasteiger partial charge in [-0.2, -0.15) is 4.98 Å². The van der Waals surface area contributed by atoms with Gasteiger partial charge in [0.25, 0.3) is 0 Å². The fourth-order valence-electron chi connectivity index (χ4n) is 3.55. The lowest BCUT2D eigenvalue weighted by atomic mass is 9.96. The fraction of sp³-hybridized carbons (Fsp3) is 0.318. The van der Waals surface area contributed by atoms with Gasteiger partial charge in [-0.15, -0.1) is 0 Å². The molecular weight excluding hydrogens is 414 g/mol. The van der Waals surface area contributed by atoms with Crippen LogP contribution in [0.4, 0.5) is 17.5 Å². The topological polar surface area (TPSA) is 62.7 Å². The molecule has 5 nitrogen and oxygen atoms in total. The van der Waals surface area contributed by atoms with Crippen molar-refractivity contribution in [1.29, 1.82) is 0 Å². The minimum atomic E-state index is 0.443. The van der Waals surface area contributed by atoms with E-state index in [0.717, 1.165) is 32.8 Å². The molecule has 2 N–H and O–H groups in total. The lowest BCUT2D eigenvalue weighted by Gasteiger charge is -2.23. The molecule has 1 saturated carbocycles. The number of benzene rings is 1. The maximum absolute atomic E-state index is 4.77. The zero-order valence-corrected chi connectivity index (χ0v) is 17.5. The van der Waals surface area contributed by atoms with Crippen LogP contribution in [-0.2, 0) is 0 Å². The van der Waals surface area contributed by atoms with E-state index < -0.39 is 0 Å². The van der Waals surface area contributed by atoms with Gasteiger partial charge in [0, 0.05) is 40.2 Å². The zero-order chi connectivity index (χ0) is 19.3. The Morgan fingerprint density at radius 2 is 1.89 bits per heavy atom. The van der Waals surface area contributed by atoms with Crippen LogP contribution in [0.1, 0.15) is 37.7 Å². The number of nitrogens with zero attached hydrogens (tertiary/aromatic N) is 3. The maximum atomic E-state index is 4.77. The van der Waals surface area contributed by atoms with Gasteiger partial charge in [-0.3, -0.25) is 4.98 Å². The summed E-state index contributed by atoms with van der Waals surface area (Å²) >= 11 is 3.60. The van der Waals surface area contributed by atoms with Gasteiger partial charge in [0.05, 0.1) is 5.69 Å². The third-order valence-corrected chi connectivity index (χ3v) is 6.01. The van der Waals surface area contributed by atoms with Gasteiger partial charge >= 0.3 is 0 Å². The lowest BCUT2D eigenvalue weighted by Crippen LogP contribution is -2.23. The number of rotatable bonds is 5. The molecule has 3 aromatic rings. The Kier molecular flexibility index (Phi) is 5.86.